The van der Waals surface area contributed by atoms with Gasteiger partial charge < -0.3 is 15.7 Å². The lowest BCUT2D eigenvalue weighted by molar-refractivity contribution is 0.935. The van der Waals surface area contributed by atoms with E-state index >= 15 is 0 Å². The monoisotopic (exact) mass is 207 g/mol. The van der Waals surface area contributed by atoms with Crippen LogP contribution in [-0.2, 0) is 6.42 Å². The molecule has 2 aromatic rings. The first-order chi connectivity index (χ1) is 7.22. The van der Waals surface area contributed by atoms with Gasteiger partial charge in [-0.25, -0.2) is 9.97 Å². The van der Waals surface area contributed by atoms with Crippen LogP contribution in [-0.4, -0.2) is 26.5 Å². The third-order valence-electron chi connectivity index (χ3n) is 1.80. The average molecular weight is 207 g/mol. The Hall–Kier alpha value is -1.62. The molecule has 15 heavy (non-hydrogen) atoms. The Morgan fingerprint density at radius 3 is 2.47 bits per heavy atom. The van der Waals surface area contributed by atoms with Crippen molar-refractivity contribution in [2.45, 2.75) is 20.3 Å². The highest BCUT2D eigenvalue weighted by atomic mass is 14.9. The fourth-order valence-corrected chi connectivity index (χ4v) is 1.12. The van der Waals surface area contributed by atoms with Crippen LogP contribution in [0, 0.1) is 13.8 Å². The van der Waals surface area contributed by atoms with E-state index in [9.17, 15) is 0 Å². The van der Waals surface area contributed by atoms with Gasteiger partial charge >= 0.3 is 0 Å². The second-order valence-corrected chi connectivity index (χ2v) is 3.27. The molecule has 0 fully saturated rings. The molecule has 2 aromatic heterocycles. The minimum atomic E-state index is 0.683. The van der Waals surface area contributed by atoms with Gasteiger partial charge in [-0.05, 0) is 20.4 Å². The molecule has 0 atom stereocenters. The highest BCUT2D eigenvalue weighted by Gasteiger charge is 1.87. The van der Waals surface area contributed by atoms with Crippen LogP contribution in [0.2, 0.25) is 0 Å². The number of imidazole rings is 2. The smallest absolute Gasteiger partial charge is 0.103 e. The molecule has 0 radical (unpaired) electrons. The fraction of sp³-hybridized carbons (Fsp3) is 0.400. The van der Waals surface area contributed by atoms with Gasteiger partial charge in [0.15, 0.2) is 0 Å². The van der Waals surface area contributed by atoms with Crippen LogP contribution in [0.25, 0.3) is 0 Å². The number of aryl methyl sites for hydroxylation is 2. The molecule has 0 aromatic carbocycles. The van der Waals surface area contributed by atoms with E-state index in [4.69, 9.17) is 5.73 Å². The quantitative estimate of drug-likeness (QED) is 0.685. The summed E-state index contributed by atoms with van der Waals surface area (Å²) in [5.74, 6) is 0.984. The second kappa shape index (κ2) is 5.98. The van der Waals surface area contributed by atoms with Gasteiger partial charge in [0, 0.05) is 30.2 Å². The largest absolute Gasteiger partial charge is 0.348 e. The summed E-state index contributed by atoms with van der Waals surface area (Å²) in [6.45, 7) is 4.61. The van der Waals surface area contributed by atoms with Gasteiger partial charge in [-0.15, -0.1) is 0 Å². The number of hydrogen-bond acceptors (Lipinski definition) is 3. The molecule has 0 spiro atoms. The molecule has 0 bridgehead atoms. The Labute approximate surface area is 89.2 Å². The topological polar surface area (TPSA) is 83.4 Å². The summed E-state index contributed by atoms with van der Waals surface area (Å²) in [6.07, 6.45) is 6.15. The van der Waals surface area contributed by atoms with Crippen LogP contribution in [0.5, 0.6) is 0 Å². The molecule has 0 unspecified atom stereocenters. The van der Waals surface area contributed by atoms with E-state index in [2.05, 4.69) is 19.9 Å². The lowest BCUT2D eigenvalue weighted by Crippen LogP contribution is -2.02. The Morgan fingerprint density at radius 2 is 2.13 bits per heavy atom. The minimum absolute atomic E-state index is 0.683. The number of aromatic amines is 2. The van der Waals surface area contributed by atoms with Gasteiger partial charge in [-0.3, -0.25) is 0 Å². The fourth-order valence-electron chi connectivity index (χ4n) is 1.12. The summed E-state index contributed by atoms with van der Waals surface area (Å²) < 4.78 is 0. The number of nitrogens with one attached hydrogen (secondary N) is 2. The molecular weight excluding hydrogens is 190 g/mol. The SMILES string of the molecule is Cc1cnc(C)[nH]1.NCCc1cnc[nH]1. The van der Waals surface area contributed by atoms with Gasteiger partial charge in [-0.2, -0.15) is 0 Å². The van der Waals surface area contributed by atoms with Crippen molar-refractivity contribution in [1.29, 1.82) is 0 Å². The summed E-state index contributed by atoms with van der Waals surface area (Å²) in [5.41, 5.74) is 7.50. The molecule has 0 aliphatic rings. The lowest BCUT2D eigenvalue weighted by atomic mass is 10.3. The van der Waals surface area contributed by atoms with E-state index in [1.54, 1.807) is 12.5 Å². The number of nitrogens with zero attached hydrogens (tertiary/aromatic N) is 2. The van der Waals surface area contributed by atoms with E-state index in [1.165, 1.54) is 0 Å². The molecule has 0 aliphatic heterocycles. The molecule has 5 heteroatoms. The molecule has 2 rings (SSSR count). The maximum absolute atomic E-state index is 5.27. The van der Waals surface area contributed by atoms with Crippen LogP contribution in [0.15, 0.2) is 18.7 Å². The number of rotatable bonds is 2. The molecule has 5 nitrogen and oxygen atoms in total. The van der Waals surface area contributed by atoms with Gasteiger partial charge in [0.2, 0.25) is 0 Å². The molecule has 82 valence electrons. The Kier molecular flexibility index (Phi) is 4.56. The third-order valence-corrected chi connectivity index (χ3v) is 1.80. The number of H-pyrrole nitrogens is 2. The molecule has 0 saturated heterocycles. The zero-order chi connectivity index (χ0) is 11.1. The van der Waals surface area contributed by atoms with Gasteiger partial charge in [0.25, 0.3) is 0 Å². The Morgan fingerprint density at radius 1 is 1.33 bits per heavy atom. The third kappa shape index (κ3) is 4.42. The zero-order valence-electron chi connectivity index (χ0n) is 9.12. The van der Waals surface area contributed by atoms with Crippen molar-refractivity contribution in [3.8, 4) is 0 Å². The van der Waals surface area contributed by atoms with Gasteiger partial charge in [-0.1, -0.05) is 0 Å². The lowest BCUT2D eigenvalue weighted by Gasteiger charge is -1.86. The van der Waals surface area contributed by atoms with Crippen molar-refractivity contribution in [3.63, 3.8) is 0 Å². The maximum atomic E-state index is 5.27. The van der Waals surface area contributed by atoms with Crippen molar-refractivity contribution in [3.05, 3.63) is 35.9 Å². The van der Waals surface area contributed by atoms with Crippen molar-refractivity contribution in [2.75, 3.05) is 6.54 Å². The zero-order valence-corrected chi connectivity index (χ0v) is 9.12. The molecule has 0 amide bonds. The van der Waals surface area contributed by atoms with Crippen molar-refractivity contribution in [1.82, 2.24) is 19.9 Å². The van der Waals surface area contributed by atoms with E-state index in [1.807, 2.05) is 20.0 Å². The minimum Gasteiger partial charge on any atom is -0.348 e. The van der Waals surface area contributed by atoms with Gasteiger partial charge in [0.05, 0.1) is 6.33 Å². The van der Waals surface area contributed by atoms with E-state index in [0.717, 1.165) is 23.6 Å². The average Bonchev–Trinajstić information content (AvgIpc) is 2.80. The molecule has 0 aliphatic carbocycles. The van der Waals surface area contributed by atoms with Crippen LogP contribution in [0.1, 0.15) is 17.2 Å². The standard InChI is InChI=1S/C5H9N3.C5H8N2/c6-2-1-5-3-7-4-8-5;1-4-3-6-5(2)7-4/h3-4H,1-2,6H2,(H,7,8);3H,1-2H3,(H,6,7). The number of aromatic nitrogens is 4. The maximum Gasteiger partial charge on any atom is 0.103 e. The second-order valence-electron chi connectivity index (χ2n) is 3.27. The van der Waals surface area contributed by atoms with Crippen molar-refractivity contribution < 1.29 is 0 Å². The molecule has 4 N–H and O–H groups in total. The summed E-state index contributed by atoms with van der Waals surface area (Å²) in [7, 11) is 0. The van der Waals surface area contributed by atoms with E-state index in [0.29, 0.717) is 6.54 Å². The van der Waals surface area contributed by atoms with E-state index in [-0.39, 0.29) is 0 Å². The first-order valence-electron chi connectivity index (χ1n) is 4.88. The van der Waals surface area contributed by atoms with E-state index < -0.39 is 0 Å². The predicted octanol–water partition coefficient (Wildman–Crippen LogP) is 0.937. The first kappa shape index (κ1) is 11.5. The van der Waals surface area contributed by atoms with Crippen LogP contribution < -0.4 is 5.73 Å². The van der Waals surface area contributed by atoms with Crippen molar-refractivity contribution in [2.24, 2.45) is 5.73 Å². The Bertz CT molecular complexity index is 346. The Balaban J connectivity index is 0.000000151. The highest BCUT2D eigenvalue weighted by molar-refractivity contribution is 4.95. The van der Waals surface area contributed by atoms with Gasteiger partial charge in [0.1, 0.15) is 5.82 Å². The normalized spacial score (nSPS) is 9.53. The summed E-state index contributed by atoms with van der Waals surface area (Å²) in [4.78, 5) is 13.8. The molecule has 2 heterocycles. The first-order valence-corrected chi connectivity index (χ1v) is 4.88. The highest BCUT2D eigenvalue weighted by Crippen LogP contribution is 1.89. The van der Waals surface area contributed by atoms with Crippen LogP contribution >= 0.6 is 0 Å². The summed E-state index contributed by atoms with van der Waals surface area (Å²) in [6, 6.07) is 0. The van der Waals surface area contributed by atoms with Crippen LogP contribution in [0.3, 0.4) is 0 Å². The number of nitrogens with two attached hydrogens (primary N) is 1. The molecule has 0 saturated carbocycles. The molecular formula is C10H17N5. The van der Waals surface area contributed by atoms with Crippen molar-refractivity contribution >= 4 is 0 Å². The summed E-state index contributed by atoms with van der Waals surface area (Å²) >= 11 is 0. The summed E-state index contributed by atoms with van der Waals surface area (Å²) in [5, 5.41) is 0. The van der Waals surface area contributed by atoms with Crippen LogP contribution in [0.4, 0.5) is 0 Å². The number of hydrogen-bond donors (Lipinski definition) is 3. The predicted molar refractivity (Wildman–Crippen MR) is 59.4 cm³/mol.